The van der Waals surface area contributed by atoms with Gasteiger partial charge in [-0.3, -0.25) is 19.2 Å². The molecule has 25 heavy (non-hydrogen) atoms. The highest BCUT2D eigenvalue weighted by atomic mass is 32.1. The van der Waals surface area contributed by atoms with Crippen LogP contribution in [0.3, 0.4) is 0 Å². The summed E-state index contributed by atoms with van der Waals surface area (Å²) < 4.78 is 0. The summed E-state index contributed by atoms with van der Waals surface area (Å²) in [4.78, 5) is 46.7. The number of aliphatic hydroxyl groups excluding tert-OH is 1. The first kappa shape index (κ1) is 23.1. The molecule has 0 aliphatic heterocycles. The van der Waals surface area contributed by atoms with Crippen molar-refractivity contribution in [2.45, 2.75) is 44.9 Å². The Labute approximate surface area is 151 Å². The number of rotatable bonds is 10. The van der Waals surface area contributed by atoms with Gasteiger partial charge < -0.3 is 31.9 Å². The van der Waals surface area contributed by atoms with Crippen LogP contribution in [0.1, 0.15) is 20.8 Å². The van der Waals surface area contributed by atoms with E-state index in [-0.39, 0.29) is 11.7 Å². The van der Waals surface area contributed by atoms with Crippen LogP contribution in [-0.4, -0.2) is 70.4 Å². The molecule has 0 saturated heterocycles. The molecule has 0 aromatic rings. The molecule has 0 fully saturated rings. The van der Waals surface area contributed by atoms with E-state index in [4.69, 9.17) is 10.8 Å². The fourth-order valence-electron chi connectivity index (χ4n) is 1.61. The number of aliphatic carboxylic acids is 1. The molecule has 4 atom stereocenters. The van der Waals surface area contributed by atoms with E-state index in [9.17, 15) is 24.3 Å². The standard InChI is InChI=1S/C14H26N4O6S/c1-6(2)10(15)13(22)17-8(4-19)11(20)18-9(5-25)12(21)16-7(3)14(23)24/h6-10,19,25H,4-5,15H2,1-3H3,(H,16,21)(H,17,22)(H,18,20)(H,23,24)/t7-,8-,9-,10-/m0/s1. The van der Waals surface area contributed by atoms with E-state index in [0.717, 1.165) is 0 Å². The number of nitrogens with one attached hydrogen (secondary N) is 3. The first-order chi connectivity index (χ1) is 11.5. The van der Waals surface area contributed by atoms with Crippen molar-refractivity contribution in [1.82, 2.24) is 16.0 Å². The molecule has 0 aromatic carbocycles. The predicted molar refractivity (Wildman–Crippen MR) is 92.9 cm³/mol. The lowest BCUT2D eigenvalue weighted by Crippen LogP contribution is -2.58. The highest BCUT2D eigenvalue weighted by Crippen LogP contribution is 1.99. The lowest BCUT2D eigenvalue weighted by Gasteiger charge is -2.23. The van der Waals surface area contributed by atoms with E-state index in [1.165, 1.54) is 6.92 Å². The lowest BCUT2D eigenvalue weighted by molar-refractivity contribution is -0.141. The zero-order valence-corrected chi connectivity index (χ0v) is 15.2. The summed E-state index contributed by atoms with van der Waals surface area (Å²) in [5.41, 5.74) is 5.66. The minimum atomic E-state index is -1.30. The van der Waals surface area contributed by atoms with Gasteiger partial charge in [-0.1, -0.05) is 13.8 Å². The quantitative estimate of drug-likeness (QED) is 0.205. The predicted octanol–water partition coefficient (Wildman–Crippen LogP) is -2.55. The Morgan fingerprint density at radius 2 is 1.44 bits per heavy atom. The topological polar surface area (TPSA) is 171 Å². The van der Waals surface area contributed by atoms with Crippen molar-refractivity contribution in [3.63, 3.8) is 0 Å². The Hall–Kier alpha value is -1.85. The van der Waals surface area contributed by atoms with Crippen LogP contribution in [-0.2, 0) is 19.2 Å². The molecule has 0 spiro atoms. The highest BCUT2D eigenvalue weighted by molar-refractivity contribution is 7.80. The molecule has 0 bridgehead atoms. The van der Waals surface area contributed by atoms with Gasteiger partial charge in [0.1, 0.15) is 18.1 Å². The third-order valence-electron chi connectivity index (χ3n) is 3.38. The zero-order valence-electron chi connectivity index (χ0n) is 14.4. The number of amides is 3. The molecule has 10 nitrogen and oxygen atoms in total. The van der Waals surface area contributed by atoms with Crippen molar-refractivity contribution >= 4 is 36.3 Å². The Kier molecular flexibility index (Phi) is 10.1. The van der Waals surface area contributed by atoms with Crippen molar-refractivity contribution in [3.05, 3.63) is 0 Å². The molecule has 0 radical (unpaired) electrons. The minimum absolute atomic E-state index is 0.110. The monoisotopic (exact) mass is 378 g/mol. The van der Waals surface area contributed by atoms with Crippen molar-refractivity contribution < 1.29 is 29.4 Å². The Morgan fingerprint density at radius 1 is 0.960 bits per heavy atom. The maximum absolute atomic E-state index is 12.1. The minimum Gasteiger partial charge on any atom is -0.480 e. The molecule has 0 rings (SSSR count). The van der Waals surface area contributed by atoms with Gasteiger partial charge in [0.25, 0.3) is 0 Å². The van der Waals surface area contributed by atoms with Gasteiger partial charge in [-0.2, -0.15) is 12.6 Å². The van der Waals surface area contributed by atoms with E-state index in [1.807, 2.05) is 0 Å². The summed E-state index contributed by atoms with van der Waals surface area (Å²) in [7, 11) is 0. The molecule has 144 valence electrons. The second-order valence-electron chi connectivity index (χ2n) is 5.83. The maximum atomic E-state index is 12.1. The van der Waals surface area contributed by atoms with Gasteiger partial charge in [0, 0.05) is 5.75 Å². The zero-order chi connectivity index (χ0) is 19.7. The third-order valence-corrected chi connectivity index (χ3v) is 3.75. The Balaban J connectivity index is 4.84. The van der Waals surface area contributed by atoms with Crippen molar-refractivity contribution in [2.75, 3.05) is 12.4 Å². The fourth-order valence-corrected chi connectivity index (χ4v) is 1.86. The molecule has 0 aromatic heterocycles. The second kappa shape index (κ2) is 10.9. The van der Waals surface area contributed by atoms with Gasteiger partial charge in [-0.05, 0) is 12.8 Å². The van der Waals surface area contributed by atoms with E-state index < -0.39 is 54.5 Å². The van der Waals surface area contributed by atoms with Crippen LogP contribution < -0.4 is 21.7 Å². The van der Waals surface area contributed by atoms with Gasteiger partial charge in [0.05, 0.1) is 12.6 Å². The number of carboxylic acids is 1. The molecule has 7 N–H and O–H groups in total. The van der Waals surface area contributed by atoms with Crippen LogP contribution in [0.2, 0.25) is 0 Å². The van der Waals surface area contributed by atoms with E-state index >= 15 is 0 Å². The summed E-state index contributed by atoms with van der Waals surface area (Å²) in [5, 5.41) is 24.9. The van der Waals surface area contributed by atoms with Crippen LogP contribution >= 0.6 is 12.6 Å². The summed E-state index contributed by atoms with van der Waals surface area (Å²) in [5.74, 6) is -3.70. The first-order valence-corrected chi connectivity index (χ1v) is 8.29. The molecular weight excluding hydrogens is 352 g/mol. The van der Waals surface area contributed by atoms with Crippen LogP contribution in [0, 0.1) is 5.92 Å². The molecule has 0 aliphatic rings. The number of carbonyl (C=O) groups excluding carboxylic acids is 3. The average molecular weight is 378 g/mol. The van der Waals surface area contributed by atoms with Crippen molar-refractivity contribution in [1.29, 1.82) is 0 Å². The molecule has 3 amide bonds. The van der Waals surface area contributed by atoms with Crippen LogP contribution in [0.4, 0.5) is 0 Å². The fraction of sp³-hybridized carbons (Fsp3) is 0.714. The summed E-state index contributed by atoms with van der Waals surface area (Å²) in [6.07, 6.45) is 0. The average Bonchev–Trinajstić information content (AvgIpc) is 2.55. The number of thiol groups is 1. The number of hydrogen-bond acceptors (Lipinski definition) is 7. The third kappa shape index (κ3) is 7.71. The van der Waals surface area contributed by atoms with Crippen LogP contribution in [0.5, 0.6) is 0 Å². The molecule has 0 saturated carbocycles. The van der Waals surface area contributed by atoms with E-state index in [0.29, 0.717) is 0 Å². The maximum Gasteiger partial charge on any atom is 0.325 e. The SMILES string of the molecule is CC(C)[C@H](N)C(=O)N[C@@H](CO)C(=O)N[C@@H](CS)C(=O)N[C@@H](C)C(=O)O. The molecule has 0 aliphatic carbocycles. The Bertz CT molecular complexity index is 502. The molecule has 11 heteroatoms. The van der Waals surface area contributed by atoms with Gasteiger partial charge in [-0.15, -0.1) is 0 Å². The van der Waals surface area contributed by atoms with E-state index in [2.05, 4.69) is 28.6 Å². The van der Waals surface area contributed by atoms with Gasteiger partial charge >= 0.3 is 5.97 Å². The van der Waals surface area contributed by atoms with Gasteiger partial charge in [0.15, 0.2) is 0 Å². The van der Waals surface area contributed by atoms with Crippen molar-refractivity contribution in [3.8, 4) is 0 Å². The number of hydrogen-bond donors (Lipinski definition) is 7. The van der Waals surface area contributed by atoms with Crippen LogP contribution in [0.25, 0.3) is 0 Å². The normalized spacial score (nSPS) is 15.6. The highest BCUT2D eigenvalue weighted by Gasteiger charge is 2.28. The summed E-state index contributed by atoms with van der Waals surface area (Å²) in [6.45, 7) is 4.02. The van der Waals surface area contributed by atoms with Crippen molar-refractivity contribution in [2.24, 2.45) is 11.7 Å². The number of aliphatic hydroxyl groups is 1. The second-order valence-corrected chi connectivity index (χ2v) is 6.19. The first-order valence-electron chi connectivity index (χ1n) is 7.66. The lowest BCUT2D eigenvalue weighted by atomic mass is 10.0. The molecule has 0 unspecified atom stereocenters. The number of carbonyl (C=O) groups is 4. The smallest absolute Gasteiger partial charge is 0.325 e. The molecular formula is C14H26N4O6S. The van der Waals surface area contributed by atoms with Crippen LogP contribution in [0.15, 0.2) is 0 Å². The Morgan fingerprint density at radius 3 is 1.84 bits per heavy atom. The van der Waals surface area contributed by atoms with E-state index in [1.54, 1.807) is 13.8 Å². The summed E-state index contributed by atoms with van der Waals surface area (Å²) in [6, 6.07) is -4.45. The van der Waals surface area contributed by atoms with Gasteiger partial charge in [0.2, 0.25) is 17.7 Å². The number of carboxylic acid groups (broad SMARTS) is 1. The van der Waals surface area contributed by atoms with Gasteiger partial charge in [-0.25, -0.2) is 0 Å². The number of nitrogens with two attached hydrogens (primary N) is 1. The molecule has 0 heterocycles. The summed E-state index contributed by atoms with van der Waals surface area (Å²) >= 11 is 3.94. The largest absolute Gasteiger partial charge is 0.480 e.